The zero-order valence-electron chi connectivity index (χ0n) is 12.7. The maximum absolute atomic E-state index is 12.8. The third kappa shape index (κ3) is 5.47. The zero-order valence-corrected chi connectivity index (χ0v) is 12.7. The van der Waals surface area contributed by atoms with Gasteiger partial charge in [0.1, 0.15) is 6.10 Å². The van der Waals surface area contributed by atoms with Gasteiger partial charge in [-0.3, -0.25) is 0 Å². The minimum atomic E-state index is -4.96. The number of rotatable bonds is 5. The van der Waals surface area contributed by atoms with E-state index in [-0.39, 0.29) is 12.7 Å². The van der Waals surface area contributed by atoms with Crippen LogP contribution >= 0.6 is 0 Å². The minimum Gasteiger partial charge on any atom is -0.386 e. The molecule has 0 aliphatic heterocycles. The summed E-state index contributed by atoms with van der Waals surface area (Å²) in [4.78, 5) is 0. The average Bonchev–Trinajstić information content (AvgIpc) is 2.53. The first-order valence-electron chi connectivity index (χ1n) is 7.16. The average molecular weight is 364 g/mol. The molecular weight excluding hydrogens is 350 g/mol. The van der Waals surface area contributed by atoms with Crippen molar-refractivity contribution < 1.29 is 36.2 Å². The highest BCUT2D eigenvalue weighted by molar-refractivity contribution is 5.34. The molecule has 1 atom stereocenters. The number of aliphatic hydroxyl groups excluding tert-OH is 1. The van der Waals surface area contributed by atoms with E-state index in [9.17, 15) is 31.4 Å². The first-order valence-corrected chi connectivity index (χ1v) is 7.16. The van der Waals surface area contributed by atoms with Crippen LogP contribution in [0, 0.1) is 0 Å². The molecule has 0 spiro atoms. The van der Waals surface area contributed by atoms with Gasteiger partial charge >= 0.3 is 12.4 Å². The summed E-state index contributed by atoms with van der Waals surface area (Å²) in [6, 6.07) is 9.74. The Morgan fingerprint density at radius 3 is 1.84 bits per heavy atom. The van der Waals surface area contributed by atoms with Crippen LogP contribution < -0.4 is 0 Å². The summed E-state index contributed by atoms with van der Waals surface area (Å²) in [6.45, 7) is -0.365. The van der Waals surface area contributed by atoms with Crippen LogP contribution in [0.25, 0.3) is 0 Å². The molecular formula is C17H14F6O2. The third-order valence-electron chi connectivity index (χ3n) is 3.38. The molecule has 2 nitrogen and oxygen atoms in total. The summed E-state index contributed by atoms with van der Waals surface area (Å²) in [5, 5.41) is 9.92. The maximum Gasteiger partial charge on any atom is 0.416 e. The SMILES string of the molecule is O[C@H](COCc1ccccc1)c1cc(C(F)(F)F)cc(C(F)(F)F)c1. The highest BCUT2D eigenvalue weighted by Crippen LogP contribution is 2.37. The number of ether oxygens (including phenoxy) is 1. The number of benzene rings is 2. The lowest BCUT2D eigenvalue weighted by Gasteiger charge is -2.17. The number of hydrogen-bond acceptors (Lipinski definition) is 2. The molecule has 0 amide bonds. The number of alkyl halides is 6. The molecule has 0 heterocycles. The predicted molar refractivity (Wildman–Crippen MR) is 77.5 cm³/mol. The fourth-order valence-electron chi connectivity index (χ4n) is 2.13. The Balaban J connectivity index is 2.16. The lowest BCUT2D eigenvalue weighted by molar-refractivity contribution is -0.143. The molecule has 1 N–H and O–H groups in total. The second-order valence-electron chi connectivity index (χ2n) is 5.36. The van der Waals surface area contributed by atoms with Crippen LogP contribution in [0.2, 0.25) is 0 Å². The molecule has 136 valence electrons. The van der Waals surface area contributed by atoms with E-state index in [1.54, 1.807) is 30.3 Å². The lowest BCUT2D eigenvalue weighted by Crippen LogP contribution is -2.14. The molecule has 2 rings (SSSR count). The van der Waals surface area contributed by atoms with Crippen LogP contribution in [-0.4, -0.2) is 11.7 Å². The first kappa shape index (κ1) is 19.3. The largest absolute Gasteiger partial charge is 0.416 e. The number of hydrogen-bond donors (Lipinski definition) is 1. The number of halogens is 6. The summed E-state index contributed by atoms with van der Waals surface area (Å²) in [6.07, 6.45) is -11.5. The van der Waals surface area contributed by atoms with Gasteiger partial charge in [-0.15, -0.1) is 0 Å². The van der Waals surface area contributed by atoms with E-state index in [0.717, 1.165) is 5.56 Å². The van der Waals surface area contributed by atoms with Gasteiger partial charge in [-0.1, -0.05) is 30.3 Å². The normalized spacial score (nSPS) is 13.7. The van der Waals surface area contributed by atoms with Crippen molar-refractivity contribution in [3.05, 3.63) is 70.8 Å². The molecule has 25 heavy (non-hydrogen) atoms. The monoisotopic (exact) mass is 364 g/mol. The fourth-order valence-corrected chi connectivity index (χ4v) is 2.13. The Hall–Kier alpha value is -2.06. The molecule has 0 radical (unpaired) electrons. The van der Waals surface area contributed by atoms with Crippen molar-refractivity contribution in [3.63, 3.8) is 0 Å². The van der Waals surface area contributed by atoms with E-state index in [4.69, 9.17) is 4.74 Å². The smallest absolute Gasteiger partial charge is 0.386 e. The van der Waals surface area contributed by atoms with Gasteiger partial charge in [0.15, 0.2) is 0 Å². The number of aliphatic hydroxyl groups is 1. The van der Waals surface area contributed by atoms with E-state index in [0.29, 0.717) is 12.1 Å². The first-order chi connectivity index (χ1) is 11.6. The molecule has 0 unspecified atom stereocenters. The van der Waals surface area contributed by atoms with Crippen LogP contribution in [0.1, 0.15) is 28.4 Å². The predicted octanol–water partition coefficient (Wildman–Crippen LogP) is 4.97. The second-order valence-corrected chi connectivity index (χ2v) is 5.36. The van der Waals surface area contributed by atoms with Gasteiger partial charge in [0.05, 0.1) is 24.3 Å². The molecule has 0 aliphatic carbocycles. The van der Waals surface area contributed by atoms with Crippen molar-refractivity contribution >= 4 is 0 Å². The van der Waals surface area contributed by atoms with E-state index in [1.807, 2.05) is 0 Å². The van der Waals surface area contributed by atoms with Crippen LogP contribution in [-0.2, 0) is 23.7 Å². The molecule has 2 aromatic rings. The Kier molecular flexibility index (Phi) is 5.74. The van der Waals surface area contributed by atoms with Crippen molar-refractivity contribution in [2.45, 2.75) is 25.1 Å². The van der Waals surface area contributed by atoms with E-state index >= 15 is 0 Å². The Morgan fingerprint density at radius 1 is 0.840 bits per heavy atom. The lowest BCUT2D eigenvalue weighted by atomic mass is 10.0. The van der Waals surface area contributed by atoms with Crippen molar-refractivity contribution in [3.8, 4) is 0 Å². The van der Waals surface area contributed by atoms with Gasteiger partial charge in [0.25, 0.3) is 0 Å². The minimum absolute atomic E-state index is 0.0149. The van der Waals surface area contributed by atoms with Gasteiger partial charge < -0.3 is 9.84 Å². The molecule has 0 bridgehead atoms. The van der Waals surface area contributed by atoms with Crippen molar-refractivity contribution in [1.29, 1.82) is 0 Å². The summed E-state index contributed by atoms with van der Waals surface area (Å²) in [5.74, 6) is 0. The van der Waals surface area contributed by atoms with E-state index in [2.05, 4.69) is 0 Å². The Labute approximate surface area is 139 Å². The van der Waals surface area contributed by atoms with Gasteiger partial charge in [0.2, 0.25) is 0 Å². The highest BCUT2D eigenvalue weighted by Gasteiger charge is 2.37. The Bertz CT molecular complexity index is 662. The standard InChI is InChI=1S/C17H14F6O2/c18-16(19,20)13-6-12(7-14(8-13)17(21,22)23)15(24)10-25-9-11-4-2-1-3-5-11/h1-8,15,24H,9-10H2/t15-/m1/s1. The van der Waals surface area contributed by atoms with Crippen LogP contribution in [0.15, 0.2) is 48.5 Å². The Morgan fingerprint density at radius 2 is 1.36 bits per heavy atom. The van der Waals surface area contributed by atoms with Crippen LogP contribution in [0.3, 0.4) is 0 Å². The van der Waals surface area contributed by atoms with Crippen LogP contribution in [0.5, 0.6) is 0 Å². The highest BCUT2D eigenvalue weighted by atomic mass is 19.4. The summed E-state index contributed by atoms with van der Waals surface area (Å²) < 4.78 is 81.9. The topological polar surface area (TPSA) is 29.5 Å². The molecule has 8 heteroatoms. The summed E-state index contributed by atoms with van der Waals surface area (Å²) in [7, 11) is 0. The third-order valence-corrected chi connectivity index (χ3v) is 3.38. The summed E-state index contributed by atoms with van der Waals surface area (Å²) in [5.41, 5.74) is -2.69. The van der Waals surface area contributed by atoms with Crippen molar-refractivity contribution in [1.82, 2.24) is 0 Å². The quantitative estimate of drug-likeness (QED) is 0.759. The maximum atomic E-state index is 12.8. The van der Waals surface area contributed by atoms with Crippen molar-refractivity contribution in [2.24, 2.45) is 0 Å². The summed E-state index contributed by atoms with van der Waals surface area (Å²) >= 11 is 0. The van der Waals surface area contributed by atoms with E-state index in [1.165, 1.54) is 0 Å². The fraction of sp³-hybridized carbons (Fsp3) is 0.294. The molecule has 2 aromatic carbocycles. The van der Waals surface area contributed by atoms with Crippen LogP contribution in [0.4, 0.5) is 26.3 Å². The zero-order chi connectivity index (χ0) is 18.7. The van der Waals surface area contributed by atoms with Gasteiger partial charge in [0, 0.05) is 0 Å². The van der Waals surface area contributed by atoms with Gasteiger partial charge in [-0.25, -0.2) is 0 Å². The van der Waals surface area contributed by atoms with E-state index < -0.39 is 41.8 Å². The molecule has 0 saturated carbocycles. The molecule has 0 fully saturated rings. The van der Waals surface area contributed by atoms with Crippen molar-refractivity contribution in [2.75, 3.05) is 6.61 Å². The molecule has 0 saturated heterocycles. The molecule has 0 aliphatic rings. The molecule has 0 aromatic heterocycles. The second kappa shape index (κ2) is 7.45. The van der Waals surface area contributed by atoms with Gasteiger partial charge in [-0.05, 0) is 29.3 Å². The van der Waals surface area contributed by atoms with Gasteiger partial charge in [-0.2, -0.15) is 26.3 Å².